The van der Waals surface area contributed by atoms with Crippen LogP contribution >= 0.6 is 0 Å². The highest BCUT2D eigenvalue weighted by Gasteiger charge is 2.19. The lowest BCUT2D eigenvalue weighted by atomic mass is 9.92. The Morgan fingerprint density at radius 2 is 1.26 bits per heavy atom. The summed E-state index contributed by atoms with van der Waals surface area (Å²) in [6, 6.07) is 0. The molecule has 114 valence electrons. The van der Waals surface area contributed by atoms with Crippen molar-refractivity contribution in [3.05, 3.63) is 0 Å². The average Bonchev–Trinajstić information content (AvgIpc) is 2.25. The Balaban J connectivity index is 2.12. The van der Waals surface area contributed by atoms with Crippen LogP contribution in [0.15, 0.2) is 0 Å². The molecule has 0 bridgehead atoms. The molecule has 1 heterocycles. The predicted octanol–water partition coefficient (Wildman–Crippen LogP) is 2.86. The number of piperazine rings is 1. The van der Waals surface area contributed by atoms with Crippen molar-refractivity contribution in [3.63, 3.8) is 0 Å². The Morgan fingerprint density at radius 1 is 0.789 bits per heavy atom. The van der Waals surface area contributed by atoms with Gasteiger partial charge in [0.2, 0.25) is 0 Å². The third kappa shape index (κ3) is 8.61. The topological polar surface area (TPSA) is 15.7 Å². The summed E-state index contributed by atoms with van der Waals surface area (Å²) < 4.78 is 5.80. The van der Waals surface area contributed by atoms with Gasteiger partial charge >= 0.3 is 0 Å². The lowest BCUT2D eigenvalue weighted by molar-refractivity contribution is -0.0180. The molecule has 1 aliphatic rings. The van der Waals surface area contributed by atoms with Crippen molar-refractivity contribution >= 4 is 0 Å². The smallest absolute Gasteiger partial charge is 0.0600 e. The van der Waals surface area contributed by atoms with E-state index in [0.717, 1.165) is 13.2 Å². The Bertz CT molecular complexity index is 244. The van der Waals surface area contributed by atoms with Crippen molar-refractivity contribution in [3.8, 4) is 0 Å². The monoisotopic (exact) mass is 270 g/mol. The van der Waals surface area contributed by atoms with Crippen LogP contribution in [-0.4, -0.2) is 61.3 Å². The molecule has 0 N–H and O–H groups in total. The van der Waals surface area contributed by atoms with Crippen molar-refractivity contribution in [2.45, 2.75) is 53.6 Å². The Morgan fingerprint density at radius 3 is 1.68 bits per heavy atom. The summed E-state index contributed by atoms with van der Waals surface area (Å²) in [5, 5.41) is 0. The first-order valence-corrected chi connectivity index (χ1v) is 7.74. The molecule has 1 aliphatic heterocycles. The van der Waals surface area contributed by atoms with Crippen LogP contribution in [0.4, 0.5) is 0 Å². The number of ether oxygens (including phenoxy) is 1. The van der Waals surface area contributed by atoms with Crippen LogP contribution < -0.4 is 0 Å². The molecule has 0 unspecified atom stereocenters. The fourth-order valence-corrected chi connectivity index (χ4v) is 2.21. The molecular formula is C16H34N2O. The van der Waals surface area contributed by atoms with Gasteiger partial charge in [0.15, 0.2) is 0 Å². The van der Waals surface area contributed by atoms with Gasteiger partial charge < -0.3 is 9.64 Å². The summed E-state index contributed by atoms with van der Waals surface area (Å²) in [7, 11) is 0. The number of rotatable bonds is 5. The molecule has 19 heavy (non-hydrogen) atoms. The van der Waals surface area contributed by atoms with E-state index in [2.05, 4.69) is 51.3 Å². The van der Waals surface area contributed by atoms with E-state index in [1.807, 2.05) is 0 Å². The van der Waals surface area contributed by atoms with Gasteiger partial charge in [-0.15, -0.1) is 0 Å². The quantitative estimate of drug-likeness (QED) is 0.764. The largest absolute Gasteiger partial charge is 0.375 e. The van der Waals surface area contributed by atoms with E-state index >= 15 is 0 Å². The number of hydrogen-bond donors (Lipinski definition) is 0. The Labute approximate surface area is 120 Å². The molecule has 1 rings (SSSR count). The van der Waals surface area contributed by atoms with Crippen LogP contribution in [-0.2, 0) is 4.74 Å². The second-order valence-electron chi connectivity index (χ2n) is 7.95. The van der Waals surface area contributed by atoms with Gasteiger partial charge in [0.05, 0.1) is 12.2 Å². The normalized spacial score (nSPS) is 19.9. The molecular weight excluding hydrogens is 236 g/mol. The summed E-state index contributed by atoms with van der Waals surface area (Å²) in [5.41, 5.74) is 0.451. The lowest BCUT2D eigenvalue weighted by Crippen LogP contribution is -2.48. The van der Waals surface area contributed by atoms with Crippen molar-refractivity contribution in [2.24, 2.45) is 5.41 Å². The Hall–Kier alpha value is -0.120. The van der Waals surface area contributed by atoms with Crippen LogP contribution in [0.5, 0.6) is 0 Å². The van der Waals surface area contributed by atoms with Crippen molar-refractivity contribution in [2.75, 3.05) is 45.9 Å². The highest BCUT2D eigenvalue weighted by molar-refractivity contribution is 4.74. The second-order valence-corrected chi connectivity index (χ2v) is 7.95. The van der Waals surface area contributed by atoms with Crippen LogP contribution in [0.25, 0.3) is 0 Å². The maximum atomic E-state index is 5.80. The third-order valence-corrected chi connectivity index (χ3v) is 3.59. The van der Waals surface area contributed by atoms with Gasteiger partial charge in [0, 0.05) is 32.7 Å². The van der Waals surface area contributed by atoms with Gasteiger partial charge in [-0.2, -0.15) is 0 Å². The highest BCUT2D eigenvalue weighted by Crippen LogP contribution is 2.19. The van der Waals surface area contributed by atoms with Crippen LogP contribution in [0.2, 0.25) is 0 Å². The van der Waals surface area contributed by atoms with Gasteiger partial charge in [-0.05, 0) is 39.2 Å². The standard InChI is InChI=1S/C16H34N2O/c1-15(2,3)7-8-17-9-11-18(12-10-17)13-14-19-16(4,5)6/h7-14H2,1-6H3. The van der Waals surface area contributed by atoms with Crippen molar-refractivity contribution in [1.82, 2.24) is 9.80 Å². The summed E-state index contributed by atoms with van der Waals surface area (Å²) in [4.78, 5) is 5.13. The van der Waals surface area contributed by atoms with E-state index in [4.69, 9.17) is 4.74 Å². The molecule has 0 spiro atoms. The third-order valence-electron chi connectivity index (χ3n) is 3.59. The SMILES string of the molecule is CC(C)(C)CCN1CCN(CCOC(C)(C)C)CC1. The first kappa shape index (κ1) is 16.9. The predicted molar refractivity (Wildman–Crippen MR) is 82.7 cm³/mol. The van der Waals surface area contributed by atoms with E-state index in [0.29, 0.717) is 5.41 Å². The van der Waals surface area contributed by atoms with E-state index in [1.165, 1.54) is 39.1 Å². The summed E-state index contributed by atoms with van der Waals surface area (Å²) >= 11 is 0. The fraction of sp³-hybridized carbons (Fsp3) is 1.00. The highest BCUT2D eigenvalue weighted by atomic mass is 16.5. The minimum absolute atomic E-state index is 0.00543. The van der Waals surface area contributed by atoms with Crippen molar-refractivity contribution < 1.29 is 4.74 Å². The van der Waals surface area contributed by atoms with Gasteiger partial charge in [0.1, 0.15) is 0 Å². The summed E-state index contributed by atoms with van der Waals surface area (Å²) in [5.74, 6) is 0. The van der Waals surface area contributed by atoms with Crippen LogP contribution in [0, 0.1) is 5.41 Å². The van der Waals surface area contributed by atoms with Gasteiger partial charge in [-0.25, -0.2) is 0 Å². The lowest BCUT2D eigenvalue weighted by Gasteiger charge is -2.36. The van der Waals surface area contributed by atoms with E-state index in [-0.39, 0.29) is 5.60 Å². The zero-order valence-corrected chi connectivity index (χ0v) is 14.0. The molecule has 0 saturated carbocycles. The molecule has 1 saturated heterocycles. The summed E-state index contributed by atoms with van der Waals surface area (Å²) in [6.07, 6.45) is 1.29. The van der Waals surface area contributed by atoms with Gasteiger partial charge in [-0.3, -0.25) is 4.90 Å². The van der Waals surface area contributed by atoms with E-state index < -0.39 is 0 Å². The van der Waals surface area contributed by atoms with Crippen molar-refractivity contribution in [1.29, 1.82) is 0 Å². The molecule has 0 aromatic rings. The first-order valence-electron chi connectivity index (χ1n) is 7.74. The molecule has 0 aromatic heterocycles. The minimum atomic E-state index is -0.00543. The number of hydrogen-bond acceptors (Lipinski definition) is 3. The van der Waals surface area contributed by atoms with Crippen LogP contribution in [0.3, 0.4) is 0 Å². The maximum Gasteiger partial charge on any atom is 0.0600 e. The molecule has 1 fully saturated rings. The first-order chi connectivity index (χ1) is 8.66. The fourth-order valence-electron chi connectivity index (χ4n) is 2.21. The molecule has 0 atom stereocenters. The molecule has 0 aliphatic carbocycles. The van der Waals surface area contributed by atoms with Gasteiger partial charge in [-0.1, -0.05) is 20.8 Å². The van der Waals surface area contributed by atoms with Gasteiger partial charge in [0.25, 0.3) is 0 Å². The minimum Gasteiger partial charge on any atom is -0.375 e. The second kappa shape index (κ2) is 7.05. The molecule has 0 radical (unpaired) electrons. The van der Waals surface area contributed by atoms with E-state index in [9.17, 15) is 0 Å². The van der Waals surface area contributed by atoms with Crippen LogP contribution in [0.1, 0.15) is 48.0 Å². The molecule has 3 heteroatoms. The maximum absolute atomic E-state index is 5.80. The number of nitrogens with zero attached hydrogens (tertiary/aromatic N) is 2. The molecule has 0 amide bonds. The Kier molecular flexibility index (Phi) is 6.28. The van der Waals surface area contributed by atoms with E-state index in [1.54, 1.807) is 0 Å². The zero-order valence-electron chi connectivity index (χ0n) is 14.0. The zero-order chi connectivity index (χ0) is 14.5. The molecule has 3 nitrogen and oxygen atoms in total. The summed E-state index contributed by atoms with van der Waals surface area (Å²) in [6.45, 7) is 21.3. The average molecular weight is 270 g/mol. The molecule has 0 aromatic carbocycles.